The van der Waals surface area contributed by atoms with Crippen LogP contribution in [-0.2, 0) is 6.18 Å². The minimum atomic E-state index is -4.33. The molecule has 0 fully saturated rings. The Bertz CT molecular complexity index is 619. The van der Waals surface area contributed by atoms with Crippen LogP contribution in [0.25, 0.3) is 11.1 Å². The summed E-state index contributed by atoms with van der Waals surface area (Å²) in [5, 5.41) is 18.8. The van der Waals surface area contributed by atoms with Gasteiger partial charge in [0.2, 0.25) is 0 Å². The molecule has 0 aromatic heterocycles. The third-order valence-electron chi connectivity index (χ3n) is 3.98. The van der Waals surface area contributed by atoms with Crippen LogP contribution in [0.4, 0.5) is 13.2 Å². The number of halogens is 3. The van der Waals surface area contributed by atoms with Gasteiger partial charge in [-0.05, 0) is 41.7 Å². The highest BCUT2D eigenvalue weighted by molar-refractivity contribution is 5.64. The molecule has 0 saturated heterocycles. The predicted molar refractivity (Wildman–Crippen MR) is 87.4 cm³/mol. The summed E-state index contributed by atoms with van der Waals surface area (Å²) >= 11 is 0. The van der Waals surface area contributed by atoms with Gasteiger partial charge in [0.15, 0.2) is 0 Å². The molecular formula is C19H21F3O2. The molecule has 130 valence electrons. The number of hydrogen-bond donors (Lipinski definition) is 2. The maximum Gasteiger partial charge on any atom is 0.416 e. The Morgan fingerprint density at radius 2 is 1.33 bits per heavy atom. The van der Waals surface area contributed by atoms with Crippen molar-refractivity contribution in [3.05, 3.63) is 59.7 Å². The second-order valence-corrected chi connectivity index (χ2v) is 5.79. The summed E-state index contributed by atoms with van der Waals surface area (Å²) < 4.78 is 37.7. The van der Waals surface area contributed by atoms with E-state index in [9.17, 15) is 18.3 Å². The van der Waals surface area contributed by atoms with Crippen molar-refractivity contribution in [2.75, 3.05) is 6.61 Å². The predicted octanol–water partition coefficient (Wildman–Crippen LogP) is 4.96. The number of unbranched alkanes of at least 4 members (excludes halogenated alkanes) is 2. The van der Waals surface area contributed by atoms with E-state index in [0.29, 0.717) is 12.0 Å². The fourth-order valence-corrected chi connectivity index (χ4v) is 2.54. The molecule has 0 spiro atoms. The van der Waals surface area contributed by atoms with Gasteiger partial charge in [-0.15, -0.1) is 0 Å². The maximum atomic E-state index is 12.6. The maximum absolute atomic E-state index is 12.6. The van der Waals surface area contributed by atoms with Crippen LogP contribution in [0.3, 0.4) is 0 Å². The van der Waals surface area contributed by atoms with Crippen molar-refractivity contribution >= 4 is 0 Å². The summed E-state index contributed by atoms with van der Waals surface area (Å²) in [6, 6.07) is 12.2. The molecule has 0 aliphatic carbocycles. The van der Waals surface area contributed by atoms with Gasteiger partial charge in [0.1, 0.15) is 0 Å². The molecule has 0 saturated carbocycles. The van der Waals surface area contributed by atoms with Crippen LogP contribution in [0.5, 0.6) is 0 Å². The van der Waals surface area contributed by atoms with Crippen LogP contribution < -0.4 is 0 Å². The van der Waals surface area contributed by atoms with E-state index >= 15 is 0 Å². The summed E-state index contributed by atoms with van der Waals surface area (Å²) in [4.78, 5) is 0. The van der Waals surface area contributed by atoms with Gasteiger partial charge in [-0.2, -0.15) is 13.2 Å². The molecule has 0 amide bonds. The summed E-state index contributed by atoms with van der Waals surface area (Å²) in [6.07, 6.45) is -1.83. The first-order valence-electron chi connectivity index (χ1n) is 7.98. The Hall–Kier alpha value is -1.85. The molecule has 2 nitrogen and oxygen atoms in total. The normalized spacial score (nSPS) is 13.0. The van der Waals surface area contributed by atoms with E-state index in [1.54, 1.807) is 24.3 Å². The van der Waals surface area contributed by atoms with Crippen LogP contribution in [0.1, 0.15) is 42.9 Å². The quantitative estimate of drug-likeness (QED) is 0.701. The Balaban J connectivity index is 2.01. The average Bonchev–Trinajstić information content (AvgIpc) is 2.58. The summed E-state index contributed by atoms with van der Waals surface area (Å²) in [5.41, 5.74) is 1.63. The lowest BCUT2D eigenvalue weighted by Crippen LogP contribution is -2.04. The van der Waals surface area contributed by atoms with E-state index < -0.39 is 17.8 Å². The second kappa shape index (κ2) is 8.31. The van der Waals surface area contributed by atoms with Crippen molar-refractivity contribution in [1.29, 1.82) is 0 Å². The largest absolute Gasteiger partial charge is 0.416 e. The Labute approximate surface area is 139 Å². The van der Waals surface area contributed by atoms with Crippen molar-refractivity contribution in [3.63, 3.8) is 0 Å². The van der Waals surface area contributed by atoms with Crippen LogP contribution in [0.15, 0.2) is 48.5 Å². The van der Waals surface area contributed by atoms with Gasteiger partial charge in [-0.3, -0.25) is 0 Å². The molecule has 1 unspecified atom stereocenters. The van der Waals surface area contributed by atoms with Gasteiger partial charge < -0.3 is 10.2 Å². The van der Waals surface area contributed by atoms with E-state index in [4.69, 9.17) is 5.11 Å². The lowest BCUT2D eigenvalue weighted by molar-refractivity contribution is -0.137. The molecule has 2 N–H and O–H groups in total. The molecular weight excluding hydrogens is 317 g/mol. The molecule has 2 aromatic rings. The van der Waals surface area contributed by atoms with E-state index in [2.05, 4.69) is 0 Å². The van der Waals surface area contributed by atoms with Gasteiger partial charge in [-0.1, -0.05) is 49.2 Å². The smallest absolute Gasteiger partial charge is 0.396 e. The van der Waals surface area contributed by atoms with Crippen molar-refractivity contribution < 1.29 is 23.4 Å². The van der Waals surface area contributed by atoms with Crippen LogP contribution in [0, 0.1) is 0 Å². The molecule has 2 aromatic carbocycles. The lowest BCUT2D eigenvalue weighted by Gasteiger charge is -2.12. The fraction of sp³-hybridized carbons (Fsp3) is 0.368. The minimum absolute atomic E-state index is 0.165. The van der Waals surface area contributed by atoms with E-state index in [-0.39, 0.29) is 6.61 Å². The number of aliphatic hydroxyl groups excluding tert-OH is 2. The molecule has 2 rings (SSSR count). The zero-order valence-corrected chi connectivity index (χ0v) is 13.3. The summed E-state index contributed by atoms with van der Waals surface area (Å²) in [5.74, 6) is 0. The zero-order chi connectivity index (χ0) is 17.6. The molecule has 0 aliphatic heterocycles. The number of alkyl halides is 3. The number of hydrogen-bond acceptors (Lipinski definition) is 2. The van der Waals surface area contributed by atoms with Crippen molar-refractivity contribution in [2.24, 2.45) is 0 Å². The molecule has 0 heterocycles. The topological polar surface area (TPSA) is 40.5 Å². The highest BCUT2D eigenvalue weighted by atomic mass is 19.4. The molecule has 0 bridgehead atoms. The third-order valence-corrected chi connectivity index (χ3v) is 3.98. The first-order valence-corrected chi connectivity index (χ1v) is 7.98. The average molecular weight is 338 g/mol. The van der Waals surface area contributed by atoms with Crippen molar-refractivity contribution in [1.82, 2.24) is 0 Å². The van der Waals surface area contributed by atoms with Gasteiger partial charge in [0.05, 0.1) is 11.7 Å². The molecule has 24 heavy (non-hydrogen) atoms. The van der Waals surface area contributed by atoms with Gasteiger partial charge in [0.25, 0.3) is 0 Å². The Morgan fingerprint density at radius 3 is 1.83 bits per heavy atom. The lowest BCUT2D eigenvalue weighted by atomic mass is 9.98. The molecule has 0 radical (unpaired) electrons. The van der Waals surface area contributed by atoms with E-state index in [1.165, 1.54) is 12.1 Å². The van der Waals surface area contributed by atoms with E-state index in [1.807, 2.05) is 0 Å². The Morgan fingerprint density at radius 1 is 0.792 bits per heavy atom. The molecule has 5 heteroatoms. The first kappa shape index (κ1) is 18.5. The van der Waals surface area contributed by atoms with Gasteiger partial charge in [-0.25, -0.2) is 0 Å². The van der Waals surface area contributed by atoms with Crippen molar-refractivity contribution in [3.8, 4) is 11.1 Å². The van der Waals surface area contributed by atoms with Crippen LogP contribution >= 0.6 is 0 Å². The van der Waals surface area contributed by atoms with E-state index in [0.717, 1.165) is 42.5 Å². The zero-order valence-electron chi connectivity index (χ0n) is 13.3. The highest BCUT2D eigenvalue weighted by Crippen LogP contribution is 2.31. The minimum Gasteiger partial charge on any atom is -0.396 e. The first-order chi connectivity index (χ1) is 11.4. The molecule has 0 aliphatic rings. The van der Waals surface area contributed by atoms with Crippen LogP contribution in [-0.4, -0.2) is 16.8 Å². The summed E-state index contributed by atoms with van der Waals surface area (Å²) in [6.45, 7) is 0.165. The van der Waals surface area contributed by atoms with Gasteiger partial charge >= 0.3 is 6.18 Å². The number of rotatable bonds is 7. The highest BCUT2D eigenvalue weighted by Gasteiger charge is 2.29. The van der Waals surface area contributed by atoms with Gasteiger partial charge in [0, 0.05) is 6.61 Å². The third kappa shape index (κ3) is 5.08. The monoisotopic (exact) mass is 338 g/mol. The summed E-state index contributed by atoms with van der Waals surface area (Å²) in [7, 11) is 0. The fourth-order valence-electron chi connectivity index (χ4n) is 2.54. The second-order valence-electron chi connectivity index (χ2n) is 5.79. The Kier molecular flexibility index (Phi) is 6.40. The molecule has 1 atom stereocenters. The van der Waals surface area contributed by atoms with Crippen LogP contribution in [0.2, 0.25) is 0 Å². The number of aliphatic hydroxyl groups is 2. The van der Waals surface area contributed by atoms with Crippen molar-refractivity contribution in [2.45, 2.75) is 38.0 Å². The SMILES string of the molecule is OCCCCCC(O)c1ccc(-c2ccc(C(F)(F)F)cc2)cc1. The number of benzene rings is 2. The standard InChI is InChI=1S/C19H21F3O2/c20-19(21,22)17-11-9-15(10-12-17)14-5-7-16(8-6-14)18(24)4-2-1-3-13-23/h5-12,18,23-24H,1-4,13H2.